The molecule has 31 heavy (non-hydrogen) atoms. The van der Waals surface area contributed by atoms with Gasteiger partial charge in [0.2, 0.25) is 0 Å². The maximum Gasteiger partial charge on any atom is 0.280 e. The first-order chi connectivity index (χ1) is 15.0. The summed E-state index contributed by atoms with van der Waals surface area (Å²) < 4.78 is 0. The van der Waals surface area contributed by atoms with E-state index in [1.165, 1.54) is 10.6 Å². The number of amides is 1. The van der Waals surface area contributed by atoms with Crippen LogP contribution < -0.4 is 9.91 Å². The number of rotatable bonds is 6. The Labute approximate surface area is 188 Å². The van der Waals surface area contributed by atoms with Gasteiger partial charge < -0.3 is 4.90 Å². The van der Waals surface area contributed by atoms with Gasteiger partial charge in [0.15, 0.2) is 0 Å². The Morgan fingerprint density at radius 3 is 2.29 bits per heavy atom. The fourth-order valence-corrected chi connectivity index (χ4v) is 3.71. The van der Waals surface area contributed by atoms with Crippen LogP contribution in [0.1, 0.15) is 25.0 Å². The van der Waals surface area contributed by atoms with E-state index >= 15 is 0 Å². The van der Waals surface area contributed by atoms with Crippen molar-refractivity contribution in [1.29, 1.82) is 0 Å². The molecule has 0 bridgehead atoms. The average molecular weight is 430 g/mol. The summed E-state index contributed by atoms with van der Waals surface area (Å²) in [6.45, 7) is 5.78. The zero-order chi connectivity index (χ0) is 21.8. The van der Waals surface area contributed by atoms with Crippen molar-refractivity contribution < 1.29 is 4.79 Å². The molecule has 4 rings (SSSR count). The molecule has 0 aromatic heterocycles. The second kappa shape index (κ2) is 9.19. The van der Waals surface area contributed by atoms with E-state index in [9.17, 15) is 4.79 Å². The van der Waals surface area contributed by atoms with Gasteiger partial charge in [-0.25, -0.2) is 0 Å². The zero-order valence-electron chi connectivity index (χ0n) is 17.6. The highest BCUT2D eigenvalue weighted by atomic mass is 35.5. The van der Waals surface area contributed by atoms with Crippen LogP contribution in [-0.4, -0.2) is 18.2 Å². The van der Waals surface area contributed by atoms with E-state index < -0.39 is 0 Å². The topological polar surface area (TPSA) is 35.9 Å². The molecule has 5 heteroatoms. The van der Waals surface area contributed by atoms with Crippen molar-refractivity contribution >= 4 is 40.7 Å². The van der Waals surface area contributed by atoms with Crippen LogP contribution in [0.5, 0.6) is 0 Å². The first-order valence-corrected chi connectivity index (χ1v) is 10.7. The van der Waals surface area contributed by atoms with Crippen LogP contribution in [0, 0.1) is 0 Å². The number of benzene rings is 3. The van der Waals surface area contributed by atoms with Gasteiger partial charge in [-0.05, 0) is 67.4 Å². The highest BCUT2D eigenvalue weighted by Gasteiger charge is 2.28. The minimum absolute atomic E-state index is 0.136. The summed E-state index contributed by atoms with van der Waals surface area (Å²) in [5.41, 5.74) is 5.39. The summed E-state index contributed by atoms with van der Waals surface area (Å²) in [6.07, 6.45) is 1.90. The monoisotopic (exact) mass is 429 g/mol. The van der Waals surface area contributed by atoms with Crippen molar-refractivity contribution in [1.82, 2.24) is 0 Å². The van der Waals surface area contributed by atoms with Crippen molar-refractivity contribution in [3.05, 3.63) is 101 Å². The number of halogens is 1. The van der Waals surface area contributed by atoms with Crippen LogP contribution in [0.4, 0.5) is 11.4 Å². The van der Waals surface area contributed by atoms with Gasteiger partial charge in [-0.2, -0.15) is 10.1 Å². The van der Waals surface area contributed by atoms with Crippen molar-refractivity contribution in [2.45, 2.75) is 20.4 Å². The van der Waals surface area contributed by atoms with Gasteiger partial charge in [0.05, 0.1) is 17.0 Å². The van der Waals surface area contributed by atoms with Crippen LogP contribution in [-0.2, 0) is 11.3 Å². The molecule has 1 aliphatic rings. The van der Waals surface area contributed by atoms with Gasteiger partial charge in [-0.3, -0.25) is 4.79 Å². The average Bonchev–Trinajstić information content (AvgIpc) is 3.07. The van der Waals surface area contributed by atoms with Crippen LogP contribution in [0.25, 0.3) is 6.08 Å². The van der Waals surface area contributed by atoms with Crippen LogP contribution in [0.3, 0.4) is 0 Å². The number of hydrogen-bond acceptors (Lipinski definition) is 3. The Morgan fingerprint density at radius 2 is 1.65 bits per heavy atom. The van der Waals surface area contributed by atoms with E-state index in [0.717, 1.165) is 24.3 Å². The largest absolute Gasteiger partial charge is 0.367 e. The number of carbonyl (C=O) groups excluding carboxylic acids is 1. The molecule has 156 valence electrons. The standard InChI is InChI=1S/C26H24ClN3O/c1-3-29(18-21-7-5-4-6-8-21)23-13-9-20(10-14-23)17-25-19(2)28-30(26(25)31)24-15-11-22(27)12-16-24/h4-17H,3,18H2,1-2H3/b25-17-. The van der Waals surface area contributed by atoms with Crippen molar-refractivity contribution in [2.75, 3.05) is 16.5 Å². The highest BCUT2D eigenvalue weighted by Crippen LogP contribution is 2.27. The molecule has 0 N–H and O–H groups in total. The third-order valence-corrected chi connectivity index (χ3v) is 5.55. The normalized spacial score (nSPS) is 14.8. The van der Waals surface area contributed by atoms with E-state index in [1.54, 1.807) is 24.3 Å². The molecular weight excluding hydrogens is 406 g/mol. The van der Waals surface area contributed by atoms with E-state index in [-0.39, 0.29) is 5.91 Å². The second-order valence-corrected chi connectivity index (χ2v) is 7.86. The number of hydrazone groups is 1. The lowest BCUT2D eigenvalue weighted by atomic mass is 10.1. The lowest BCUT2D eigenvalue weighted by Gasteiger charge is -2.23. The number of hydrogen-bond donors (Lipinski definition) is 0. The van der Waals surface area contributed by atoms with Gasteiger partial charge in [0.1, 0.15) is 0 Å². The van der Waals surface area contributed by atoms with Gasteiger partial charge in [0.25, 0.3) is 5.91 Å². The lowest BCUT2D eigenvalue weighted by Crippen LogP contribution is -2.22. The first-order valence-electron chi connectivity index (χ1n) is 10.3. The Morgan fingerprint density at radius 1 is 0.968 bits per heavy atom. The summed E-state index contributed by atoms with van der Waals surface area (Å²) in [6, 6.07) is 25.8. The van der Waals surface area contributed by atoms with Crippen LogP contribution in [0.2, 0.25) is 5.02 Å². The van der Waals surface area contributed by atoms with Gasteiger partial charge in [-0.15, -0.1) is 0 Å². The van der Waals surface area contributed by atoms with E-state index in [1.807, 2.05) is 31.2 Å². The number of carbonyl (C=O) groups is 1. The van der Waals surface area contributed by atoms with Gasteiger partial charge >= 0.3 is 0 Å². The zero-order valence-corrected chi connectivity index (χ0v) is 18.4. The minimum atomic E-state index is -0.136. The molecule has 0 spiro atoms. The minimum Gasteiger partial charge on any atom is -0.367 e. The van der Waals surface area contributed by atoms with Gasteiger partial charge in [0, 0.05) is 23.8 Å². The molecule has 0 saturated carbocycles. The maximum absolute atomic E-state index is 12.9. The van der Waals surface area contributed by atoms with E-state index in [0.29, 0.717) is 22.0 Å². The molecule has 1 aliphatic heterocycles. The third-order valence-electron chi connectivity index (χ3n) is 5.30. The molecule has 3 aromatic carbocycles. The molecule has 1 amide bonds. The molecule has 0 aliphatic carbocycles. The Hall–Kier alpha value is -3.37. The van der Waals surface area contributed by atoms with Crippen LogP contribution >= 0.6 is 11.6 Å². The smallest absolute Gasteiger partial charge is 0.280 e. The Bertz CT molecular complexity index is 1120. The first kappa shape index (κ1) is 20.9. The van der Waals surface area contributed by atoms with Crippen molar-refractivity contribution in [3.8, 4) is 0 Å². The Balaban J connectivity index is 1.52. The molecule has 0 unspecified atom stereocenters. The lowest BCUT2D eigenvalue weighted by molar-refractivity contribution is -0.114. The second-order valence-electron chi connectivity index (χ2n) is 7.43. The molecule has 0 fully saturated rings. The molecule has 1 heterocycles. The van der Waals surface area contributed by atoms with Crippen LogP contribution in [0.15, 0.2) is 89.5 Å². The quantitative estimate of drug-likeness (QED) is 0.439. The number of anilines is 2. The maximum atomic E-state index is 12.9. The predicted octanol–water partition coefficient (Wildman–Crippen LogP) is 6.17. The summed E-state index contributed by atoms with van der Waals surface area (Å²) in [5.74, 6) is -0.136. The molecular formula is C26H24ClN3O. The molecule has 3 aromatic rings. The SMILES string of the molecule is CCN(Cc1ccccc1)c1ccc(/C=C2\C(=O)N(c3ccc(Cl)cc3)N=C2C)cc1. The summed E-state index contributed by atoms with van der Waals surface area (Å²) in [7, 11) is 0. The molecule has 0 saturated heterocycles. The highest BCUT2D eigenvalue weighted by molar-refractivity contribution is 6.32. The summed E-state index contributed by atoms with van der Waals surface area (Å²) in [4.78, 5) is 15.3. The van der Waals surface area contributed by atoms with Gasteiger partial charge in [-0.1, -0.05) is 54.1 Å². The summed E-state index contributed by atoms with van der Waals surface area (Å²) >= 11 is 5.96. The summed E-state index contributed by atoms with van der Waals surface area (Å²) in [5, 5.41) is 6.48. The molecule has 0 radical (unpaired) electrons. The fourth-order valence-electron chi connectivity index (χ4n) is 3.58. The van der Waals surface area contributed by atoms with E-state index in [2.05, 4.69) is 53.3 Å². The Kier molecular flexibility index (Phi) is 6.19. The van der Waals surface area contributed by atoms with E-state index in [4.69, 9.17) is 11.6 Å². The van der Waals surface area contributed by atoms with Crippen molar-refractivity contribution in [2.24, 2.45) is 5.10 Å². The predicted molar refractivity (Wildman–Crippen MR) is 130 cm³/mol. The molecule has 4 nitrogen and oxygen atoms in total. The fraction of sp³-hybridized carbons (Fsp3) is 0.154. The number of nitrogens with zero attached hydrogens (tertiary/aromatic N) is 3. The third kappa shape index (κ3) is 4.70. The molecule has 0 atom stereocenters. The van der Waals surface area contributed by atoms with Crippen molar-refractivity contribution in [3.63, 3.8) is 0 Å².